The highest BCUT2D eigenvalue weighted by atomic mass is 19.1. The van der Waals surface area contributed by atoms with Crippen LogP contribution < -0.4 is 10.6 Å². The summed E-state index contributed by atoms with van der Waals surface area (Å²) in [6.07, 6.45) is 1.58. The number of carbonyl (C=O) groups excluding carboxylic acids is 3. The van der Waals surface area contributed by atoms with Gasteiger partial charge in [-0.05, 0) is 55.2 Å². The lowest BCUT2D eigenvalue weighted by molar-refractivity contribution is -0.148. The van der Waals surface area contributed by atoms with Crippen LogP contribution >= 0.6 is 0 Å². The van der Waals surface area contributed by atoms with E-state index in [1.165, 1.54) is 4.90 Å². The Hall–Kier alpha value is -4.71. The third kappa shape index (κ3) is 6.34. The second kappa shape index (κ2) is 13.3. The van der Waals surface area contributed by atoms with Gasteiger partial charge < -0.3 is 20.3 Å². The maximum atomic E-state index is 14.1. The molecule has 2 N–H and O–H groups in total. The molecule has 3 saturated carbocycles. The van der Waals surface area contributed by atoms with E-state index in [2.05, 4.69) is 10.6 Å². The number of alkyl carbamates (subject to hydrolysis) is 1. The first-order valence-corrected chi connectivity index (χ1v) is 16.1. The predicted molar refractivity (Wildman–Crippen MR) is 170 cm³/mol. The van der Waals surface area contributed by atoms with Crippen LogP contribution in [0.15, 0.2) is 91.0 Å². The van der Waals surface area contributed by atoms with Gasteiger partial charge in [-0.15, -0.1) is 0 Å². The highest BCUT2D eigenvalue weighted by Gasteiger charge is 2.56. The Morgan fingerprint density at radius 1 is 0.848 bits per heavy atom. The lowest BCUT2D eigenvalue weighted by atomic mass is 9.51. The van der Waals surface area contributed by atoms with Gasteiger partial charge >= 0.3 is 6.09 Å². The molecular weight excluding hydrogens is 583 g/mol. The van der Waals surface area contributed by atoms with Gasteiger partial charge in [-0.3, -0.25) is 9.59 Å². The van der Waals surface area contributed by atoms with Crippen LogP contribution in [-0.2, 0) is 14.3 Å². The summed E-state index contributed by atoms with van der Waals surface area (Å²) in [6.45, 7) is -0.540. The van der Waals surface area contributed by atoms with Crippen LogP contribution in [0.1, 0.15) is 73.8 Å². The van der Waals surface area contributed by atoms with Crippen LogP contribution in [0, 0.1) is 22.2 Å². The van der Waals surface area contributed by atoms with E-state index in [9.17, 15) is 24.0 Å². The number of nitrogens with zero attached hydrogens (tertiary/aromatic N) is 2. The molecule has 9 heteroatoms. The van der Waals surface area contributed by atoms with Crippen molar-refractivity contribution in [3.05, 3.63) is 108 Å². The topological polar surface area (TPSA) is 112 Å². The number of ether oxygens (including phenoxy) is 1. The molecule has 1 heterocycles. The van der Waals surface area contributed by atoms with Gasteiger partial charge in [-0.1, -0.05) is 91.0 Å². The van der Waals surface area contributed by atoms with Crippen LogP contribution in [0.25, 0.3) is 0 Å². The predicted octanol–water partition coefficient (Wildman–Crippen LogP) is 6.16. The average molecular weight is 623 g/mol. The molecule has 2 bridgehead atoms. The Morgan fingerprint density at radius 2 is 1.37 bits per heavy atom. The first-order chi connectivity index (χ1) is 22.3. The zero-order valence-corrected chi connectivity index (χ0v) is 25.7. The second-order valence-corrected chi connectivity index (χ2v) is 12.9. The molecule has 1 unspecified atom stereocenters. The normalized spacial score (nSPS) is 25.8. The number of nitriles is 1. The van der Waals surface area contributed by atoms with Gasteiger partial charge in [-0.2, -0.15) is 5.26 Å². The van der Waals surface area contributed by atoms with E-state index in [0.717, 1.165) is 16.7 Å². The van der Waals surface area contributed by atoms with E-state index in [1.54, 1.807) is 0 Å². The first kappa shape index (κ1) is 31.3. The molecule has 0 radical (unpaired) electrons. The van der Waals surface area contributed by atoms with Crippen molar-refractivity contribution < 1.29 is 23.5 Å². The minimum absolute atomic E-state index is 0.0238. The number of hydrogen-bond donors (Lipinski definition) is 2. The molecule has 1 aliphatic heterocycles. The molecule has 7 rings (SSSR count). The fraction of sp³-hybridized carbons (Fsp3) is 0.405. The number of carbonyl (C=O) groups is 3. The summed E-state index contributed by atoms with van der Waals surface area (Å²) < 4.78 is 19.9. The highest BCUT2D eigenvalue weighted by Crippen LogP contribution is 2.62. The molecule has 3 aromatic rings. The van der Waals surface area contributed by atoms with E-state index >= 15 is 0 Å². The highest BCUT2D eigenvalue weighted by molar-refractivity contribution is 5.84. The first-order valence-electron chi connectivity index (χ1n) is 16.1. The number of rotatable bonds is 9. The lowest BCUT2D eigenvalue weighted by Gasteiger charge is -2.55. The summed E-state index contributed by atoms with van der Waals surface area (Å²) in [5.41, 5.74) is 2.06. The molecule has 46 heavy (non-hydrogen) atoms. The fourth-order valence-electron chi connectivity index (χ4n) is 7.64. The molecule has 8 nitrogen and oxygen atoms in total. The number of fused-ring (bicyclic) bond motifs is 3. The second-order valence-electron chi connectivity index (χ2n) is 12.9. The van der Waals surface area contributed by atoms with Crippen LogP contribution in [0.5, 0.6) is 0 Å². The zero-order chi connectivity index (χ0) is 32.1. The van der Waals surface area contributed by atoms with E-state index in [-0.39, 0.29) is 36.9 Å². The van der Waals surface area contributed by atoms with Gasteiger partial charge in [0.2, 0.25) is 11.8 Å². The quantitative estimate of drug-likeness (QED) is 0.297. The van der Waals surface area contributed by atoms with Crippen molar-refractivity contribution in [1.29, 1.82) is 5.26 Å². The van der Waals surface area contributed by atoms with E-state index in [1.807, 2.05) is 97.1 Å². The lowest BCUT2D eigenvalue weighted by Crippen LogP contribution is -2.53. The molecule has 4 fully saturated rings. The smallest absolute Gasteiger partial charge is 0.408 e. The van der Waals surface area contributed by atoms with Gasteiger partial charge in [0.05, 0.1) is 18.7 Å². The number of nitrogens with one attached hydrogen (secondary N) is 2. The van der Waals surface area contributed by atoms with Crippen molar-refractivity contribution in [1.82, 2.24) is 15.5 Å². The van der Waals surface area contributed by atoms with Crippen LogP contribution in [-0.4, -0.2) is 48.1 Å². The van der Waals surface area contributed by atoms with Gasteiger partial charge in [0.25, 0.3) is 0 Å². The number of hydrogen-bond acceptors (Lipinski definition) is 5. The third-order valence-electron chi connectivity index (χ3n) is 10.3. The number of halogens is 1. The Morgan fingerprint density at radius 3 is 1.89 bits per heavy atom. The molecule has 0 spiro atoms. The monoisotopic (exact) mass is 622 g/mol. The Bertz CT molecular complexity index is 1520. The zero-order valence-electron chi connectivity index (χ0n) is 25.7. The summed E-state index contributed by atoms with van der Waals surface area (Å²) >= 11 is 0. The van der Waals surface area contributed by atoms with E-state index in [0.29, 0.717) is 38.5 Å². The van der Waals surface area contributed by atoms with Crippen LogP contribution in [0.3, 0.4) is 0 Å². The van der Waals surface area contributed by atoms with Crippen molar-refractivity contribution >= 4 is 17.9 Å². The summed E-state index contributed by atoms with van der Waals surface area (Å²) in [7, 11) is 0. The minimum atomic E-state index is -1.25. The fourth-order valence-corrected chi connectivity index (χ4v) is 7.64. The maximum Gasteiger partial charge on any atom is 0.408 e. The Labute approximate surface area is 268 Å². The van der Waals surface area contributed by atoms with Crippen molar-refractivity contribution in [2.75, 3.05) is 13.1 Å². The molecule has 0 aromatic heterocycles. The SMILES string of the molecule is N#C[C@@H]1C[C@H](F)CN1C(=O)CNC(=O)OC(c1ccccc1)C12CCC(C(=O)NC(c3ccccc3)c3ccccc3)(CC1)CC2. The molecule has 3 aliphatic carbocycles. The summed E-state index contributed by atoms with van der Waals surface area (Å²) in [4.78, 5) is 41.1. The van der Waals surface area contributed by atoms with Crippen LogP contribution in [0.4, 0.5) is 9.18 Å². The molecule has 238 valence electrons. The van der Waals surface area contributed by atoms with Crippen molar-refractivity contribution in [2.24, 2.45) is 10.8 Å². The van der Waals surface area contributed by atoms with Crippen molar-refractivity contribution in [2.45, 2.75) is 69.3 Å². The molecule has 1 saturated heterocycles. The van der Waals surface area contributed by atoms with Crippen molar-refractivity contribution in [3.63, 3.8) is 0 Å². The standard InChI is InChI=1S/C37H39FN4O4/c38-29-22-30(23-39)42(25-29)31(43)24-40-35(45)46-33(28-14-8-3-9-15-28)36-16-19-37(20-17-36,21-18-36)34(44)41-32(26-10-4-1-5-11-26)27-12-6-2-7-13-27/h1-15,29-30,32-33H,16-22,24-25H2,(H,40,45)(H,41,44)/t29-,30-,33?,36?,37?/m0/s1. The minimum Gasteiger partial charge on any atom is -0.441 e. The summed E-state index contributed by atoms with van der Waals surface area (Å²) in [6, 6.07) is 30.5. The molecule has 3 atom stereocenters. The summed E-state index contributed by atoms with van der Waals surface area (Å²) in [5.74, 6) is -0.464. The average Bonchev–Trinajstić information content (AvgIpc) is 3.51. The Balaban J connectivity index is 1.14. The van der Waals surface area contributed by atoms with Gasteiger partial charge in [0, 0.05) is 17.3 Å². The number of likely N-dealkylation sites (tertiary alicyclic amines) is 1. The van der Waals surface area contributed by atoms with Crippen molar-refractivity contribution in [3.8, 4) is 6.07 Å². The largest absolute Gasteiger partial charge is 0.441 e. The van der Waals surface area contributed by atoms with Gasteiger partial charge in [0.15, 0.2) is 0 Å². The van der Waals surface area contributed by atoms with Gasteiger partial charge in [-0.25, -0.2) is 9.18 Å². The summed E-state index contributed by atoms with van der Waals surface area (Å²) in [5, 5.41) is 15.2. The number of amides is 3. The van der Waals surface area contributed by atoms with E-state index < -0.39 is 35.7 Å². The molecule has 4 aliphatic rings. The molecular formula is C37H39FN4O4. The van der Waals surface area contributed by atoms with Crippen LogP contribution in [0.2, 0.25) is 0 Å². The molecule has 3 amide bonds. The Kier molecular flexibility index (Phi) is 9.07. The van der Waals surface area contributed by atoms with E-state index in [4.69, 9.17) is 4.74 Å². The molecule has 3 aromatic carbocycles. The number of benzene rings is 3. The third-order valence-corrected chi connectivity index (χ3v) is 10.3. The van der Waals surface area contributed by atoms with Gasteiger partial charge in [0.1, 0.15) is 24.9 Å². The number of alkyl halides is 1. The maximum absolute atomic E-state index is 14.1.